The number of pyridine rings is 1. The molecule has 4 aromatic rings. The predicted octanol–water partition coefficient (Wildman–Crippen LogP) is 2.06. The summed E-state index contributed by atoms with van der Waals surface area (Å²) < 4.78 is 44.3. The van der Waals surface area contributed by atoms with Gasteiger partial charge in [0, 0.05) is 24.0 Å². The van der Waals surface area contributed by atoms with Crippen LogP contribution in [0.25, 0.3) is 16.8 Å². The maximum absolute atomic E-state index is 13.3. The van der Waals surface area contributed by atoms with Crippen LogP contribution >= 0.6 is 0 Å². The molecule has 30 heavy (non-hydrogen) atoms. The van der Waals surface area contributed by atoms with Crippen LogP contribution in [0.5, 0.6) is 11.6 Å². The molecule has 0 aliphatic carbocycles. The minimum atomic E-state index is -4.90. The van der Waals surface area contributed by atoms with Crippen molar-refractivity contribution in [2.24, 2.45) is 0 Å². The van der Waals surface area contributed by atoms with Crippen LogP contribution in [-0.2, 0) is 6.54 Å². The molecule has 152 valence electrons. The van der Waals surface area contributed by atoms with Crippen LogP contribution in [0, 0.1) is 0 Å². The van der Waals surface area contributed by atoms with Crippen LogP contribution in [0.15, 0.2) is 72.2 Å². The molecule has 0 bridgehead atoms. The van der Waals surface area contributed by atoms with E-state index in [4.69, 9.17) is 0 Å². The zero-order valence-corrected chi connectivity index (χ0v) is 15.2. The molecule has 7 nitrogen and oxygen atoms in total. The van der Waals surface area contributed by atoms with E-state index in [0.29, 0.717) is 11.2 Å². The van der Waals surface area contributed by atoms with Crippen LogP contribution < -0.4 is 20.0 Å². The molecule has 0 aliphatic rings. The van der Waals surface area contributed by atoms with Gasteiger partial charge in [-0.15, -0.1) is 13.2 Å². The van der Waals surface area contributed by atoms with Crippen LogP contribution in [0.3, 0.4) is 0 Å². The van der Waals surface area contributed by atoms with Gasteiger partial charge >= 0.3 is 11.9 Å². The molecule has 4 rings (SSSR count). The quantitative estimate of drug-likeness (QED) is 0.478. The molecule has 0 spiro atoms. The standard InChI is InChI=1S/C20H13F3N4O3/c21-20(22,23)30-15-5-3-4-14(8-15)17-18(28)26-7-2-1-6-16(26)27(19(17)29)11-13-9-24-12-25-10-13/h1-10,12H,11H2. The van der Waals surface area contributed by atoms with E-state index in [1.165, 1.54) is 46.0 Å². The first-order valence-electron chi connectivity index (χ1n) is 8.68. The summed E-state index contributed by atoms with van der Waals surface area (Å²) in [5.41, 5.74) is 0.0264. The second-order valence-corrected chi connectivity index (χ2v) is 6.32. The summed E-state index contributed by atoms with van der Waals surface area (Å²) in [5, 5.41) is 13.3. The molecule has 1 aromatic carbocycles. The van der Waals surface area contributed by atoms with Crippen molar-refractivity contribution in [3.05, 3.63) is 83.3 Å². The highest BCUT2D eigenvalue weighted by molar-refractivity contribution is 5.68. The van der Waals surface area contributed by atoms with Gasteiger partial charge in [-0.05, 0) is 23.8 Å². The van der Waals surface area contributed by atoms with E-state index < -0.39 is 23.6 Å². The molecule has 0 atom stereocenters. The fourth-order valence-electron chi connectivity index (χ4n) is 3.12. The number of fused-ring (bicyclic) bond motifs is 1. The van der Waals surface area contributed by atoms with E-state index in [1.54, 1.807) is 18.2 Å². The second-order valence-electron chi connectivity index (χ2n) is 6.32. The fraction of sp³-hybridized carbons (Fsp3) is 0.100. The lowest BCUT2D eigenvalue weighted by atomic mass is 10.1. The number of hydrogen-bond donors (Lipinski definition) is 0. The Hall–Kier alpha value is -3.95. The number of ether oxygens (including phenoxy) is 1. The molecule has 3 heterocycles. The summed E-state index contributed by atoms with van der Waals surface area (Å²) in [4.78, 5) is 20.8. The molecule has 3 aromatic heterocycles. The van der Waals surface area contributed by atoms with Crippen LogP contribution in [-0.4, -0.2) is 20.7 Å². The van der Waals surface area contributed by atoms with Gasteiger partial charge in [0.05, 0.1) is 12.1 Å². The number of nitrogens with zero attached hydrogens (tertiary/aromatic N) is 4. The Morgan fingerprint density at radius 2 is 1.87 bits per heavy atom. The number of alkyl halides is 3. The largest absolute Gasteiger partial charge is 0.842 e. The molecule has 0 radical (unpaired) electrons. The topological polar surface area (TPSA) is 83.4 Å². The summed E-state index contributed by atoms with van der Waals surface area (Å²) in [6.07, 6.45) is 0.986. The van der Waals surface area contributed by atoms with Gasteiger partial charge in [-0.3, -0.25) is 0 Å². The van der Waals surface area contributed by atoms with Gasteiger partial charge in [-0.1, -0.05) is 18.2 Å². The molecular weight excluding hydrogens is 401 g/mol. The highest BCUT2D eigenvalue weighted by Gasteiger charge is 2.31. The van der Waals surface area contributed by atoms with Gasteiger partial charge in [-0.25, -0.2) is 19.3 Å². The van der Waals surface area contributed by atoms with Gasteiger partial charge in [0.1, 0.15) is 24.2 Å². The third-order valence-electron chi connectivity index (χ3n) is 4.32. The first-order chi connectivity index (χ1) is 14.3. The highest BCUT2D eigenvalue weighted by atomic mass is 19.4. The van der Waals surface area contributed by atoms with Crippen molar-refractivity contribution in [3.63, 3.8) is 0 Å². The van der Waals surface area contributed by atoms with Crippen LogP contribution in [0.4, 0.5) is 13.2 Å². The van der Waals surface area contributed by atoms with Crippen molar-refractivity contribution < 1.29 is 27.6 Å². The van der Waals surface area contributed by atoms with Crippen molar-refractivity contribution in [1.29, 1.82) is 0 Å². The number of rotatable bonds is 4. The van der Waals surface area contributed by atoms with Gasteiger partial charge in [0.25, 0.3) is 5.65 Å². The minimum absolute atomic E-state index is 0.0167. The molecule has 0 saturated carbocycles. The number of hydrogen-bond acceptors (Lipinski definition) is 5. The van der Waals surface area contributed by atoms with E-state index in [2.05, 4.69) is 14.7 Å². The number of benzene rings is 1. The van der Waals surface area contributed by atoms with Gasteiger partial charge in [0.15, 0.2) is 0 Å². The average molecular weight is 414 g/mol. The Labute approximate surface area is 167 Å². The van der Waals surface area contributed by atoms with Crippen LogP contribution in [0.1, 0.15) is 5.56 Å². The van der Waals surface area contributed by atoms with Crippen molar-refractivity contribution in [2.75, 3.05) is 0 Å². The first kappa shape index (κ1) is 19.4. The smallest absolute Gasteiger partial charge is 0.573 e. The van der Waals surface area contributed by atoms with E-state index in [-0.39, 0.29) is 17.7 Å². The SMILES string of the molecule is O=c1c(-c2cccc(OC(F)(F)F)c2)c([O-])[n+](Cc2cncnc2)c2ccccn12. The van der Waals surface area contributed by atoms with Crippen molar-refractivity contribution in [3.8, 4) is 22.8 Å². The summed E-state index contributed by atoms with van der Waals surface area (Å²) >= 11 is 0. The van der Waals surface area contributed by atoms with E-state index in [9.17, 15) is 23.1 Å². The monoisotopic (exact) mass is 414 g/mol. The third-order valence-corrected chi connectivity index (χ3v) is 4.32. The first-order valence-corrected chi connectivity index (χ1v) is 8.68. The molecule has 0 fully saturated rings. The Kier molecular flexibility index (Phi) is 4.82. The lowest BCUT2D eigenvalue weighted by molar-refractivity contribution is -0.708. The minimum Gasteiger partial charge on any atom is -0.842 e. The molecule has 0 amide bonds. The van der Waals surface area contributed by atoms with Crippen LogP contribution in [0.2, 0.25) is 0 Å². The van der Waals surface area contributed by atoms with Gasteiger partial charge < -0.3 is 9.84 Å². The van der Waals surface area contributed by atoms with Crippen molar-refractivity contribution in [2.45, 2.75) is 12.9 Å². The van der Waals surface area contributed by atoms with E-state index in [0.717, 1.165) is 12.1 Å². The van der Waals surface area contributed by atoms with Crippen molar-refractivity contribution in [1.82, 2.24) is 14.4 Å². The summed E-state index contributed by atoms with van der Waals surface area (Å²) in [6.45, 7) is 0.0687. The Morgan fingerprint density at radius 1 is 1.10 bits per heavy atom. The third kappa shape index (κ3) is 3.79. The maximum Gasteiger partial charge on any atom is 0.573 e. The summed E-state index contributed by atoms with van der Waals surface area (Å²) in [6, 6.07) is 9.65. The predicted molar refractivity (Wildman–Crippen MR) is 96.6 cm³/mol. The molecule has 10 heteroatoms. The molecule has 0 N–H and O–H groups in total. The zero-order chi connectivity index (χ0) is 21.3. The Balaban J connectivity index is 1.93. The summed E-state index contributed by atoms with van der Waals surface area (Å²) in [5.74, 6) is -1.18. The van der Waals surface area contributed by atoms with Gasteiger partial charge in [-0.2, -0.15) is 4.40 Å². The molecule has 0 unspecified atom stereocenters. The van der Waals surface area contributed by atoms with E-state index >= 15 is 0 Å². The maximum atomic E-state index is 13.3. The number of aromatic nitrogens is 4. The van der Waals surface area contributed by atoms with Gasteiger partial charge in [0.2, 0.25) is 0 Å². The Bertz CT molecular complexity index is 1270. The molecule has 0 saturated heterocycles. The van der Waals surface area contributed by atoms with E-state index in [1.807, 2.05) is 0 Å². The van der Waals surface area contributed by atoms with Crippen molar-refractivity contribution >= 4 is 5.65 Å². The summed E-state index contributed by atoms with van der Waals surface area (Å²) in [7, 11) is 0. The normalized spacial score (nSPS) is 11.6. The molecular formula is C20H13F3N4O3. The Morgan fingerprint density at radius 3 is 2.60 bits per heavy atom. The second kappa shape index (κ2) is 7.47. The lowest BCUT2D eigenvalue weighted by Gasteiger charge is -2.17. The fourth-order valence-corrected chi connectivity index (χ4v) is 3.12. The molecule has 0 aliphatic heterocycles. The zero-order valence-electron chi connectivity index (χ0n) is 15.2. The lowest BCUT2D eigenvalue weighted by Crippen LogP contribution is -2.44. The average Bonchev–Trinajstić information content (AvgIpc) is 2.71. The number of halogens is 3. The highest BCUT2D eigenvalue weighted by Crippen LogP contribution is 2.29.